The van der Waals surface area contributed by atoms with Gasteiger partial charge in [-0.2, -0.15) is 17.0 Å². The molecule has 0 saturated heterocycles. The van der Waals surface area contributed by atoms with Gasteiger partial charge >= 0.3 is 0 Å². The van der Waals surface area contributed by atoms with Gasteiger partial charge in [-0.1, -0.05) is 12.0 Å². The van der Waals surface area contributed by atoms with Gasteiger partial charge in [-0.25, -0.2) is 0 Å². The lowest BCUT2D eigenvalue weighted by atomic mass is 10.3. The Hall–Kier alpha value is -1.11. The van der Waals surface area contributed by atoms with Crippen molar-refractivity contribution in [3.63, 3.8) is 0 Å². The summed E-state index contributed by atoms with van der Waals surface area (Å²) in [4.78, 5) is 11.2. The van der Waals surface area contributed by atoms with Gasteiger partial charge in [0, 0.05) is 11.7 Å². The number of H-pyrrole nitrogens is 1. The van der Waals surface area contributed by atoms with E-state index in [0.717, 1.165) is 0 Å². The van der Waals surface area contributed by atoms with Crippen molar-refractivity contribution in [1.29, 1.82) is 0 Å². The Balaban J connectivity index is 2.34. The summed E-state index contributed by atoms with van der Waals surface area (Å²) in [5.74, 6) is 0.126. The predicted molar refractivity (Wildman–Crippen MR) is 50.4 cm³/mol. The summed E-state index contributed by atoms with van der Waals surface area (Å²) in [7, 11) is 0. The van der Waals surface area contributed by atoms with Crippen molar-refractivity contribution >= 4 is 23.6 Å². The number of nitrogens with zero attached hydrogens (tertiary/aromatic N) is 3. The van der Waals surface area contributed by atoms with E-state index in [0.29, 0.717) is 11.7 Å². The summed E-state index contributed by atoms with van der Waals surface area (Å²) in [5.41, 5.74) is 0. The molecule has 6 nitrogen and oxygen atoms in total. The molecule has 0 aliphatic rings. The molecule has 13 heavy (non-hydrogen) atoms. The third-order valence-corrected chi connectivity index (χ3v) is 2.44. The molecule has 1 unspecified atom stereocenters. The van der Waals surface area contributed by atoms with Crippen molar-refractivity contribution in [2.75, 3.05) is 11.6 Å². The lowest BCUT2D eigenvalue weighted by Gasteiger charge is -2.05. The van der Waals surface area contributed by atoms with E-state index in [1.165, 1.54) is 0 Å². The number of carbonyl (C=O) groups is 1. The molecule has 1 heterocycles. The Morgan fingerprint density at radius 1 is 1.77 bits per heavy atom. The summed E-state index contributed by atoms with van der Waals surface area (Å²) in [5, 5.41) is 15.6. The molecule has 0 aromatic carbocycles. The molecule has 0 aliphatic carbocycles. The molecule has 1 aromatic heterocycles. The largest absolute Gasteiger partial charge is 0.292 e. The molecule has 0 bridgehead atoms. The van der Waals surface area contributed by atoms with Crippen LogP contribution in [0.1, 0.15) is 13.3 Å². The minimum atomic E-state index is -0.0942. The molecule has 1 aromatic rings. The Morgan fingerprint density at radius 2 is 2.54 bits per heavy atom. The van der Waals surface area contributed by atoms with Gasteiger partial charge < -0.3 is 0 Å². The number of thioether (sulfide) groups is 1. The van der Waals surface area contributed by atoms with E-state index < -0.39 is 0 Å². The van der Waals surface area contributed by atoms with E-state index in [-0.39, 0.29) is 11.9 Å². The van der Waals surface area contributed by atoms with Crippen LogP contribution >= 0.6 is 11.8 Å². The normalized spacial score (nSPS) is 12.5. The smallest absolute Gasteiger partial charge is 0.269 e. The van der Waals surface area contributed by atoms with Crippen molar-refractivity contribution in [3.05, 3.63) is 0 Å². The van der Waals surface area contributed by atoms with Crippen LogP contribution in [0, 0.1) is 0 Å². The first-order valence-electron chi connectivity index (χ1n) is 3.78. The van der Waals surface area contributed by atoms with E-state index in [9.17, 15) is 4.79 Å². The standard InChI is InChI=1S/C6H11N5OS/c1-4(13-2)3-5(12)7-6-8-10-11-9-6/h4H,3H2,1-2H3,(H2,7,8,9,10,11,12). The Kier molecular flexibility index (Phi) is 3.69. The molecule has 0 aliphatic heterocycles. The van der Waals surface area contributed by atoms with Gasteiger partial charge in [0.15, 0.2) is 0 Å². The van der Waals surface area contributed by atoms with Crippen LogP contribution in [0.5, 0.6) is 0 Å². The number of aromatic amines is 1. The average Bonchev–Trinajstić information content (AvgIpc) is 2.56. The zero-order valence-electron chi connectivity index (χ0n) is 7.44. The monoisotopic (exact) mass is 201 g/mol. The van der Waals surface area contributed by atoms with E-state index in [4.69, 9.17) is 0 Å². The van der Waals surface area contributed by atoms with Crippen LogP contribution in [0.4, 0.5) is 5.95 Å². The van der Waals surface area contributed by atoms with Crippen molar-refractivity contribution in [2.24, 2.45) is 0 Å². The molecule has 7 heteroatoms. The number of hydrogen-bond donors (Lipinski definition) is 2. The summed E-state index contributed by atoms with van der Waals surface area (Å²) < 4.78 is 0. The van der Waals surface area contributed by atoms with Crippen LogP contribution < -0.4 is 5.32 Å². The third kappa shape index (κ3) is 3.41. The van der Waals surface area contributed by atoms with Gasteiger partial charge in [0.05, 0.1) is 0 Å². The fourth-order valence-electron chi connectivity index (χ4n) is 0.735. The number of hydrogen-bond acceptors (Lipinski definition) is 5. The second-order valence-electron chi connectivity index (χ2n) is 2.53. The molecule has 1 amide bonds. The summed E-state index contributed by atoms with van der Waals surface area (Å²) >= 11 is 1.64. The second kappa shape index (κ2) is 4.80. The van der Waals surface area contributed by atoms with Crippen molar-refractivity contribution in [3.8, 4) is 0 Å². The zero-order valence-corrected chi connectivity index (χ0v) is 8.26. The Labute approximate surface area is 79.9 Å². The number of tetrazole rings is 1. The summed E-state index contributed by atoms with van der Waals surface area (Å²) in [6, 6.07) is 0. The maximum absolute atomic E-state index is 11.2. The zero-order chi connectivity index (χ0) is 9.68. The molecule has 72 valence electrons. The molecular formula is C6H11N5OS. The number of rotatable bonds is 4. The van der Waals surface area contributed by atoms with E-state index in [2.05, 4.69) is 25.9 Å². The average molecular weight is 201 g/mol. The highest BCUT2D eigenvalue weighted by Gasteiger charge is 2.09. The number of carbonyl (C=O) groups excluding carboxylic acids is 1. The molecule has 0 saturated carbocycles. The van der Waals surface area contributed by atoms with Crippen LogP contribution in [0.2, 0.25) is 0 Å². The second-order valence-corrected chi connectivity index (χ2v) is 3.81. The van der Waals surface area contributed by atoms with E-state index in [1.54, 1.807) is 11.8 Å². The fourth-order valence-corrected chi connectivity index (χ4v) is 1.05. The molecule has 1 rings (SSSR count). The van der Waals surface area contributed by atoms with Gasteiger partial charge in [-0.05, 0) is 11.5 Å². The Bertz CT molecular complexity index is 262. The molecule has 0 fully saturated rings. The van der Waals surface area contributed by atoms with Crippen LogP contribution in [0.15, 0.2) is 0 Å². The third-order valence-electron chi connectivity index (χ3n) is 1.47. The van der Waals surface area contributed by atoms with Gasteiger partial charge in [0.25, 0.3) is 5.95 Å². The van der Waals surface area contributed by atoms with Crippen molar-refractivity contribution in [1.82, 2.24) is 20.6 Å². The number of aromatic nitrogens is 4. The number of amides is 1. The minimum absolute atomic E-state index is 0.0942. The maximum atomic E-state index is 11.2. The van der Waals surface area contributed by atoms with Crippen LogP contribution in [0.25, 0.3) is 0 Å². The first kappa shape index (κ1) is 9.97. The predicted octanol–water partition coefficient (Wildman–Crippen LogP) is 0.280. The topological polar surface area (TPSA) is 83.6 Å². The molecule has 0 radical (unpaired) electrons. The SMILES string of the molecule is CSC(C)CC(=O)Nc1nn[nH]n1. The van der Waals surface area contributed by atoms with Crippen molar-refractivity contribution < 1.29 is 4.79 Å². The van der Waals surface area contributed by atoms with Gasteiger partial charge in [0.2, 0.25) is 5.91 Å². The Morgan fingerprint density at radius 3 is 3.08 bits per heavy atom. The van der Waals surface area contributed by atoms with Crippen molar-refractivity contribution in [2.45, 2.75) is 18.6 Å². The van der Waals surface area contributed by atoms with E-state index >= 15 is 0 Å². The molecule has 0 spiro atoms. The summed E-state index contributed by atoms with van der Waals surface area (Å²) in [6.45, 7) is 1.99. The lowest BCUT2D eigenvalue weighted by molar-refractivity contribution is -0.116. The van der Waals surface area contributed by atoms with Crippen LogP contribution in [-0.2, 0) is 4.79 Å². The van der Waals surface area contributed by atoms with Crippen LogP contribution in [-0.4, -0.2) is 38.0 Å². The fraction of sp³-hybridized carbons (Fsp3) is 0.667. The maximum Gasteiger partial charge on any atom is 0.269 e. The van der Waals surface area contributed by atoms with Gasteiger partial charge in [-0.15, -0.1) is 5.10 Å². The van der Waals surface area contributed by atoms with Gasteiger partial charge in [0.1, 0.15) is 0 Å². The molecular weight excluding hydrogens is 190 g/mol. The quantitative estimate of drug-likeness (QED) is 0.731. The molecule has 1 atom stereocenters. The lowest BCUT2D eigenvalue weighted by Crippen LogP contribution is -2.16. The molecule has 2 N–H and O–H groups in total. The highest BCUT2D eigenvalue weighted by molar-refractivity contribution is 7.99. The number of nitrogens with one attached hydrogen (secondary N) is 2. The highest BCUT2D eigenvalue weighted by Crippen LogP contribution is 2.09. The first-order valence-corrected chi connectivity index (χ1v) is 5.07. The first-order chi connectivity index (χ1) is 6.22. The van der Waals surface area contributed by atoms with E-state index in [1.807, 2.05) is 13.2 Å². The number of anilines is 1. The summed E-state index contributed by atoms with van der Waals surface area (Å²) in [6.07, 6.45) is 2.42. The minimum Gasteiger partial charge on any atom is -0.292 e. The van der Waals surface area contributed by atoms with Gasteiger partial charge in [-0.3, -0.25) is 10.1 Å². The highest BCUT2D eigenvalue weighted by atomic mass is 32.2. The van der Waals surface area contributed by atoms with Crippen LogP contribution in [0.3, 0.4) is 0 Å².